The van der Waals surface area contributed by atoms with Crippen molar-refractivity contribution in [2.75, 3.05) is 11.9 Å². The van der Waals surface area contributed by atoms with Gasteiger partial charge in [0.15, 0.2) is 0 Å². The first-order chi connectivity index (χ1) is 11.6. The van der Waals surface area contributed by atoms with Gasteiger partial charge in [0.2, 0.25) is 0 Å². The molecule has 0 radical (unpaired) electrons. The second kappa shape index (κ2) is 6.41. The van der Waals surface area contributed by atoms with E-state index in [9.17, 15) is 14.4 Å². The van der Waals surface area contributed by atoms with E-state index in [0.29, 0.717) is 11.4 Å². The van der Waals surface area contributed by atoms with E-state index < -0.39 is 17.2 Å². The smallest absolute Gasteiger partial charge is 0.328 e. The number of hydrogen-bond acceptors (Lipinski definition) is 4. The number of furan rings is 1. The Balaban J connectivity index is 1.98. The average Bonchev–Trinajstić information content (AvgIpc) is 3.11. The van der Waals surface area contributed by atoms with Crippen LogP contribution in [0, 0.1) is 0 Å². The number of aromatic nitrogens is 2. The third-order valence-electron chi connectivity index (χ3n) is 3.63. The summed E-state index contributed by atoms with van der Waals surface area (Å²) in [6, 6.07) is 12.2. The van der Waals surface area contributed by atoms with Crippen LogP contribution in [0.1, 0.15) is 16.1 Å². The Kier molecular flexibility index (Phi) is 4.15. The van der Waals surface area contributed by atoms with Crippen molar-refractivity contribution >= 4 is 11.6 Å². The first-order valence-corrected chi connectivity index (χ1v) is 7.26. The van der Waals surface area contributed by atoms with Crippen LogP contribution in [0.3, 0.4) is 0 Å². The van der Waals surface area contributed by atoms with E-state index in [1.54, 1.807) is 43.4 Å². The molecule has 0 aliphatic rings. The summed E-state index contributed by atoms with van der Waals surface area (Å²) in [7, 11) is 1.57. The van der Waals surface area contributed by atoms with Gasteiger partial charge in [-0.2, -0.15) is 0 Å². The number of rotatable bonds is 4. The number of aromatic amines is 1. The topological polar surface area (TPSA) is 88.3 Å². The van der Waals surface area contributed by atoms with Gasteiger partial charge in [-0.1, -0.05) is 18.2 Å². The quantitative estimate of drug-likeness (QED) is 0.786. The molecule has 0 aliphatic heterocycles. The molecule has 1 N–H and O–H groups in total. The highest BCUT2D eigenvalue weighted by atomic mass is 16.3. The van der Waals surface area contributed by atoms with E-state index in [-0.39, 0.29) is 12.1 Å². The van der Waals surface area contributed by atoms with E-state index in [4.69, 9.17) is 4.42 Å². The van der Waals surface area contributed by atoms with Crippen molar-refractivity contribution in [3.05, 3.63) is 87.1 Å². The molecule has 0 atom stereocenters. The van der Waals surface area contributed by atoms with Crippen molar-refractivity contribution in [2.45, 2.75) is 6.54 Å². The molecule has 0 fully saturated rings. The standard InChI is InChI=1S/C17H15N3O4/c1-19(12-6-3-2-4-7-12)15(21)14-10-18-17(23)20(16(14)22)11-13-8-5-9-24-13/h2-10H,11H2,1H3,(H,18,23). The van der Waals surface area contributed by atoms with E-state index in [0.717, 1.165) is 10.8 Å². The van der Waals surface area contributed by atoms with Gasteiger partial charge in [0.05, 0.1) is 12.8 Å². The monoisotopic (exact) mass is 325 g/mol. The molecule has 0 aliphatic carbocycles. The molecule has 0 saturated carbocycles. The molecule has 2 aromatic heterocycles. The number of carbonyl (C=O) groups is 1. The number of H-pyrrole nitrogens is 1. The highest BCUT2D eigenvalue weighted by Gasteiger charge is 2.19. The van der Waals surface area contributed by atoms with Crippen LogP contribution in [-0.2, 0) is 6.54 Å². The van der Waals surface area contributed by atoms with Crippen LogP contribution in [0.5, 0.6) is 0 Å². The van der Waals surface area contributed by atoms with E-state index in [1.807, 2.05) is 6.07 Å². The fraction of sp³-hybridized carbons (Fsp3) is 0.118. The third kappa shape index (κ3) is 2.91. The van der Waals surface area contributed by atoms with Gasteiger partial charge in [0.1, 0.15) is 11.3 Å². The van der Waals surface area contributed by atoms with Gasteiger partial charge in [-0.05, 0) is 24.3 Å². The van der Waals surface area contributed by atoms with E-state index >= 15 is 0 Å². The molecular formula is C17H15N3O4. The molecule has 2 heterocycles. The lowest BCUT2D eigenvalue weighted by atomic mass is 10.2. The van der Waals surface area contributed by atoms with E-state index in [2.05, 4.69) is 4.98 Å². The lowest BCUT2D eigenvalue weighted by Crippen LogP contribution is -2.41. The van der Waals surface area contributed by atoms with Crippen LogP contribution >= 0.6 is 0 Å². The lowest BCUT2D eigenvalue weighted by Gasteiger charge is -2.17. The summed E-state index contributed by atoms with van der Waals surface area (Å²) in [6.07, 6.45) is 2.60. The van der Waals surface area contributed by atoms with Gasteiger partial charge in [-0.3, -0.25) is 14.2 Å². The number of benzene rings is 1. The van der Waals surface area contributed by atoms with Crippen molar-refractivity contribution in [1.29, 1.82) is 0 Å². The zero-order valence-corrected chi connectivity index (χ0v) is 12.9. The normalized spacial score (nSPS) is 10.5. The highest BCUT2D eigenvalue weighted by Crippen LogP contribution is 2.13. The number of nitrogens with one attached hydrogen (secondary N) is 1. The maximum absolute atomic E-state index is 12.6. The molecule has 7 heteroatoms. The number of hydrogen-bond donors (Lipinski definition) is 1. The van der Waals surface area contributed by atoms with Crippen molar-refractivity contribution in [3.8, 4) is 0 Å². The van der Waals surface area contributed by atoms with Crippen molar-refractivity contribution in [3.63, 3.8) is 0 Å². The summed E-state index contributed by atoms with van der Waals surface area (Å²) in [4.78, 5) is 40.8. The average molecular weight is 325 g/mol. The summed E-state index contributed by atoms with van der Waals surface area (Å²) < 4.78 is 6.09. The molecule has 0 bridgehead atoms. The summed E-state index contributed by atoms with van der Waals surface area (Å²) in [5, 5.41) is 0. The largest absolute Gasteiger partial charge is 0.467 e. The Bertz CT molecular complexity index is 956. The number of amides is 1. The zero-order chi connectivity index (χ0) is 17.1. The number of nitrogens with zero attached hydrogens (tertiary/aromatic N) is 2. The van der Waals surface area contributed by atoms with Gasteiger partial charge < -0.3 is 14.3 Å². The minimum Gasteiger partial charge on any atom is -0.467 e. The van der Waals surface area contributed by atoms with Crippen LogP contribution < -0.4 is 16.1 Å². The van der Waals surface area contributed by atoms with Crippen LogP contribution in [0.2, 0.25) is 0 Å². The number of para-hydroxylation sites is 1. The minimum atomic E-state index is -0.664. The summed E-state index contributed by atoms with van der Waals surface area (Å²) in [6.45, 7) is -0.0443. The molecule has 3 rings (SSSR count). The van der Waals surface area contributed by atoms with Crippen LogP contribution in [-0.4, -0.2) is 22.5 Å². The molecule has 0 spiro atoms. The molecule has 7 nitrogen and oxygen atoms in total. The Morgan fingerprint density at radius 3 is 2.58 bits per heavy atom. The minimum absolute atomic E-state index is 0.0443. The zero-order valence-electron chi connectivity index (χ0n) is 12.9. The first-order valence-electron chi connectivity index (χ1n) is 7.26. The molecule has 1 aromatic carbocycles. The fourth-order valence-electron chi connectivity index (χ4n) is 2.32. The fourth-order valence-corrected chi connectivity index (χ4v) is 2.32. The molecule has 0 saturated heterocycles. The summed E-state index contributed by atoms with van der Waals surface area (Å²) in [5.74, 6) is -0.0562. The molecule has 1 amide bonds. The lowest BCUT2D eigenvalue weighted by molar-refractivity contribution is 0.0990. The van der Waals surface area contributed by atoms with E-state index in [1.165, 1.54) is 11.2 Å². The maximum atomic E-state index is 12.6. The molecule has 3 aromatic rings. The second-order valence-electron chi connectivity index (χ2n) is 5.18. The van der Waals surface area contributed by atoms with Gasteiger partial charge in [-0.15, -0.1) is 0 Å². The third-order valence-corrected chi connectivity index (χ3v) is 3.63. The number of anilines is 1. The molecular weight excluding hydrogens is 310 g/mol. The van der Waals surface area contributed by atoms with Crippen molar-refractivity contribution in [2.24, 2.45) is 0 Å². The van der Waals surface area contributed by atoms with Gasteiger partial charge in [-0.25, -0.2) is 4.79 Å². The molecule has 122 valence electrons. The summed E-state index contributed by atoms with van der Waals surface area (Å²) >= 11 is 0. The molecule has 0 unspecified atom stereocenters. The van der Waals surface area contributed by atoms with Gasteiger partial charge in [0, 0.05) is 18.9 Å². The molecule has 24 heavy (non-hydrogen) atoms. The van der Waals surface area contributed by atoms with Crippen LogP contribution in [0.15, 0.2) is 68.9 Å². The van der Waals surface area contributed by atoms with Crippen molar-refractivity contribution < 1.29 is 9.21 Å². The second-order valence-corrected chi connectivity index (χ2v) is 5.18. The Hall–Kier alpha value is -3.35. The Labute approximate surface area is 136 Å². The Morgan fingerprint density at radius 1 is 1.17 bits per heavy atom. The van der Waals surface area contributed by atoms with Crippen LogP contribution in [0.25, 0.3) is 0 Å². The predicted octanol–water partition coefficient (Wildman–Crippen LogP) is 1.45. The highest BCUT2D eigenvalue weighted by molar-refractivity contribution is 6.05. The number of carbonyl (C=O) groups excluding carboxylic acids is 1. The van der Waals surface area contributed by atoms with Crippen LogP contribution in [0.4, 0.5) is 5.69 Å². The Morgan fingerprint density at radius 2 is 1.92 bits per heavy atom. The predicted molar refractivity (Wildman–Crippen MR) is 88.3 cm³/mol. The maximum Gasteiger partial charge on any atom is 0.328 e. The van der Waals surface area contributed by atoms with Crippen molar-refractivity contribution in [1.82, 2.24) is 9.55 Å². The van der Waals surface area contributed by atoms with Gasteiger partial charge >= 0.3 is 5.69 Å². The first kappa shape index (κ1) is 15.5. The van der Waals surface area contributed by atoms with Gasteiger partial charge in [0.25, 0.3) is 11.5 Å². The summed E-state index contributed by atoms with van der Waals surface area (Å²) in [5.41, 5.74) is -0.739. The SMILES string of the molecule is CN(C(=O)c1c[nH]c(=O)n(Cc2ccco2)c1=O)c1ccccc1.